The zero-order valence-electron chi connectivity index (χ0n) is 26.8. The fraction of sp³-hybridized carbons (Fsp3) is 0.605. The Balaban J connectivity index is 1.05. The number of rotatable bonds is 10. The van der Waals surface area contributed by atoms with Crippen LogP contribution in [0.2, 0.25) is 0 Å². The number of nitrogens with one attached hydrogen (secondary N) is 2. The third-order valence-electron chi connectivity index (χ3n) is 11.6. The number of aliphatic hydroxyl groups is 1. The van der Waals surface area contributed by atoms with Gasteiger partial charge in [-0.15, -0.1) is 6.58 Å². The number of hydrogen-bond acceptors (Lipinski definition) is 5. The Labute approximate surface area is 268 Å². The summed E-state index contributed by atoms with van der Waals surface area (Å²) in [4.78, 5) is 15.7. The zero-order valence-corrected chi connectivity index (χ0v) is 26.8. The smallest absolute Gasteiger partial charge is 0.319 e. The highest BCUT2D eigenvalue weighted by Gasteiger charge is 2.51. The van der Waals surface area contributed by atoms with Gasteiger partial charge in [0.15, 0.2) is 6.29 Å². The molecule has 5 aliphatic carbocycles. The molecule has 4 atom stereocenters. The van der Waals surface area contributed by atoms with Crippen LogP contribution < -0.4 is 10.6 Å². The molecule has 3 N–H and O–H groups in total. The summed E-state index contributed by atoms with van der Waals surface area (Å²) < 4.78 is 13.5. The van der Waals surface area contributed by atoms with Gasteiger partial charge in [0.2, 0.25) is 0 Å². The minimum Gasteiger partial charge on any atom is -0.392 e. The summed E-state index contributed by atoms with van der Waals surface area (Å²) in [6, 6.07) is 16.5. The van der Waals surface area contributed by atoms with Crippen molar-refractivity contribution in [3.05, 3.63) is 77.9 Å². The van der Waals surface area contributed by atoms with Gasteiger partial charge in [-0.2, -0.15) is 0 Å². The first-order valence-electron chi connectivity index (χ1n) is 17.4. The second-order valence-electron chi connectivity index (χ2n) is 14.9. The van der Waals surface area contributed by atoms with Gasteiger partial charge in [0.25, 0.3) is 0 Å². The highest BCUT2D eigenvalue weighted by Crippen LogP contribution is 2.55. The Hall–Kier alpha value is -2.71. The Bertz CT molecular complexity index is 1290. The monoisotopic (exact) mass is 613 g/mol. The van der Waals surface area contributed by atoms with Crippen LogP contribution >= 0.6 is 0 Å². The third-order valence-corrected chi connectivity index (χ3v) is 11.6. The number of carbonyl (C=O) groups is 1. The number of amides is 2. The maximum absolute atomic E-state index is 13.2. The van der Waals surface area contributed by atoms with Crippen molar-refractivity contribution >= 4 is 11.7 Å². The summed E-state index contributed by atoms with van der Waals surface area (Å²) in [5, 5.41) is 16.1. The van der Waals surface area contributed by atoms with Crippen molar-refractivity contribution in [3.8, 4) is 0 Å². The van der Waals surface area contributed by atoms with E-state index in [1.165, 1.54) is 44.9 Å². The minimum atomic E-state index is -0.530. The molecule has 4 bridgehead atoms. The second-order valence-corrected chi connectivity index (χ2v) is 14.9. The molecule has 6 fully saturated rings. The van der Waals surface area contributed by atoms with Crippen LogP contribution in [0.15, 0.2) is 61.2 Å². The van der Waals surface area contributed by atoms with Crippen molar-refractivity contribution < 1.29 is 19.4 Å². The molecule has 0 spiro atoms. The first-order chi connectivity index (χ1) is 21.9. The number of aliphatic hydroxyl groups excluding tert-OH is 1. The van der Waals surface area contributed by atoms with Crippen LogP contribution in [0.4, 0.5) is 10.5 Å². The number of ether oxygens (including phenoxy) is 2. The van der Waals surface area contributed by atoms with E-state index in [2.05, 4.69) is 41.2 Å². The van der Waals surface area contributed by atoms with Gasteiger partial charge in [-0.05, 0) is 92.4 Å². The summed E-state index contributed by atoms with van der Waals surface area (Å²) in [7, 11) is 0. The van der Waals surface area contributed by atoms with Crippen molar-refractivity contribution in [1.82, 2.24) is 10.2 Å². The summed E-state index contributed by atoms with van der Waals surface area (Å²) in [5.41, 5.74) is 3.67. The Morgan fingerprint density at radius 1 is 0.956 bits per heavy atom. The van der Waals surface area contributed by atoms with E-state index in [-0.39, 0.29) is 36.3 Å². The van der Waals surface area contributed by atoms with Crippen LogP contribution in [0.1, 0.15) is 100 Å². The molecule has 5 saturated carbocycles. The molecular formula is C38H51N3O4. The Morgan fingerprint density at radius 3 is 2.18 bits per heavy atom. The predicted molar refractivity (Wildman–Crippen MR) is 176 cm³/mol. The highest BCUT2D eigenvalue weighted by molar-refractivity contribution is 5.89. The maximum Gasteiger partial charge on any atom is 0.319 e. The van der Waals surface area contributed by atoms with Crippen LogP contribution in [0.3, 0.4) is 0 Å². The molecule has 7 heteroatoms. The second kappa shape index (κ2) is 13.2. The van der Waals surface area contributed by atoms with E-state index < -0.39 is 6.29 Å². The van der Waals surface area contributed by atoms with Gasteiger partial charge in [0.05, 0.1) is 18.8 Å². The SMILES string of the molecule is C=CCN(C[C@H]1O[C@@H](c2ccc(NC(=O)NC34CC5CC(CC(C5)C3)C4)cc2)O[C@@H](c2ccc(CO)cc2)[C@H]1C)C1CCCC1. The topological polar surface area (TPSA) is 83.1 Å². The lowest BCUT2D eigenvalue weighted by molar-refractivity contribution is -0.276. The van der Waals surface area contributed by atoms with E-state index in [1.54, 1.807) is 0 Å². The highest BCUT2D eigenvalue weighted by atomic mass is 16.7. The van der Waals surface area contributed by atoms with E-state index in [4.69, 9.17) is 9.47 Å². The van der Waals surface area contributed by atoms with Crippen molar-refractivity contribution in [2.75, 3.05) is 18.4 Å². The van der Waals surface area contributed by atoms with E-state index in [1.807, 2.05) is 42.5 Å². The quantitative estimate of drug-likeness (QED) is 0.242. The van der Waals surface area contributed by atoms with Crippen LogP contribution in [-0.2, 0) is 16.1 Å². The lowest BCUT2D eigenvalue weighted by atomic mass is 9.53. The molecule has 0 radical (unpaired) electrons. The maximum atomic E-state index is 13.2. The van der Waals surface area contributed by atoms with Crippen LogP contribution in [-0.4, -0.2) is 46.8 Å². The average molecular weight is 614 g/mol. The molecule has 7 nitrogen and oxygen atoms in total. The van der Waals surface area contributed by atoms with Gasteiger partial charge in [-0.1, -0.05) is 62.2 Å². The molecule has 2 amide bonds. The number of urea groups is 1. The van der Waals surface area contributed by atoms with Gasteiger partial charge in [-0.25, -0.2) is 4.79 Å². The fourth-order valence-corrected chi connectivity index (χ4v) is 9.76. The number of nitrogens with zero attached hydrogens (tertiary/aromatic N) is 1. The third kappa shape index (κ3) is 6.73. The molecule has 1 saturated heterocycles. The molecule has 0 aromatic heterocycles. The van der Waals surface area contributed by atoms with Gasteiger partial charge >= 0.3 is 6.03 Å². The Morgan fingerprint density at radius 2 is 1.58 bits per heavy atom. The molecule has 2 aromatic rings. The van der Waals surface area contributed by atoms with Crippen molar-refractivity contribution in [1.29, 1.82) is 0 Å². The lowest BCUT2D eigenvalue weighted by Gasteiger charge is -2.56. The zero-order chi connectivity index (χ0) is 31.0. The normalized spacial score (nSPS) is 34.2. The summed E-state index contributed by atoms with van der Waals surface area (Å²) in [6.07, 6.45) is 13.8. The molecule has 8 rings (SSSR count). The van der Waals surface area contributed by atoms with E-state index in [0.717, 1.165) is 72.5 Å². The molecule has 1 aliphatic heterocycles. The lowest BCUT2D eigenvalue weighted by Crippen LogP contribution is -2.60. The largest absolute Gasteiger partial charge is 0.392 e. The van der Waals surface area contributed by atoms with Gasteiger partial charge in [0, 0.05) is 41.8 Å². The van der Waals surface area contributed by atoms with Crippen LogP contribution in [0.5, 0.6) is 0 Å². The van der Waals surface area contributed by atoms with E-state index in [0.29, 0.717) is 6.04 Å². The summed E-state index contributed by atoms with van der Waals surface area (Å²) >= 11 is 0. The molecule has 1 heterocycles. The van der Waals surface area contributed by atoms with Gasteiger partial charge in [-0.3, -0.25) is 4.90 Å². The molecule has 242 valence electrons. The van der Waals surface area contributed by atoms with E-state index >= 15 is 0 Å². The fourth-order valence-electron chi connectivity index (χ4n) is 9.76. The number of anilines is 1. The minimum absolute atomic E-state index is 0.0172. The number of carbonyl (C=O) groups excluding carboxylic acids is 1. The van der Waals surface area contributed by atoms with Crippen molar-refractivity contribution in [2.45, 2.75) is 108 Å². The number of benzene rings is 2. The average Bonchev–Trinajstić information content (AvgIpc) is 3.56. The van der Waals surface area contributed by atoms with Crippen LogP contribution in [0, 0.1) is 23.7 Å². The summed E-state index contributed by atoms with van der Waals surface area (Å²) in [6.45, 7) is 7.97. The Kier molecular flexibility index (Phi) is 9.06. The first-order valence-corrected chi connectivity index (χ1v) is 17.4. The van der Waals surface area contributed by atoms with Gasteiger partial charge in [0.1, 0.15) is 0 Å². The predicted octanol–water partition coefficient (Wildman–Crippen LogP) is 7.49. The molecular weight excluding hydrogens is 562 g/mol. The summed E-state index contributed by atoms with van der Waals surface area (Å²) in [5.74, 6) is 2.49. The van der Waals surface area contributed by atoms with E-state index in [9.17, 15) is 9.90 Å². The molecule has 2 aromatic carbocycles. The van der Waals surface area contributed by atoms with Crippen LogP contribution in [0.25, 0.3) is 0 Å². The van der Waals surface area contributed by atoms with Crippen molar-refractivity contribution in [3.63, 3.8) is 0 Å². The van der Waals surface area contributed by atoms with Crippen molar-refractivity contribution in [2.24, 2.45) is 23.7 Å². The standard InChI is InChI=1S/C38H51N3O4/c1-3-16-41(33-6-4-5-7-33)23-34-25(2)35(30-10-8-26(24-42)9-11-30)45-36(44-34)31-12-14-32(15-13-31)39-37(43)40-38-20-27-17-28(21-38)19-29(18-27)22-38/h3,8-15,25,27-29,33-36,42H,1,4-7,16-24H2,2H3,(H2,39,40,43)/t25-,27?,28?,29?,34+,35+,36+,38?/m0/s1. The van der Waals surface area contributed by atoms with Gasteiger partial charge < -0.3 is 25.2 Å². The number of hydrogen-bond donors (Lipinski definition) is 3. The molecule has 0 unspecified atom stereocenters. The molecule has 45 heavy (non-hydrogen) atoms. The first kappa shape index (κ1) is 30.9. The molecule has 6 aliphatic rings.